The number of nitrogens with zero attached hydrogens (tertiary/aromatic N) is 2. The average Bonchev–Trinajstić information content (AvgIpc) is 2.78. The van der Waals surface area contributed by atoms with Gasteiger partial charge in [0, 0.05) is 52.4 Å². The minimum Gasteiger partial charge on any atom is -0.480 e. The molecule has 13 nitrogen and oxygen atoms in total. The first kappa shape index (κ1) is 43.6. The van der Waals surface area contributed by atoms with Crippen molar-refractivity contribution >= 4 is 23.8 Å². The van der Waals surface area contributed by atoms with Gasteiger partial charge in [-0.25, -0.2) is 0 Å². The Bertz CT molecular complexity index is 895. The number of hydrogen-bond acceptors (Lipinski definition) is 10. The molecule has 0 radical (unpaired) electrons. The number of nitrogens with one attached hydrogen (secondary N) is 2. The summed E-state index contributed by atoms with van der Waals surface area (Å²) in [6.07, 6.45) is -5.08. The third kappa shape index (κ3) is 15.5. The highest BCUT2D eigenvalue weighted by atomic mass is 19.4. The number of nitrogens with two attached hydrogens (primary N) is 2. The molecule has 0 bridgehead atoms. The smallest absolute Gasteiger partial charge is 0.471 e. The van der Waals surface area contributed by atoms with E-state index in [9.17, 15) is 42.6 Å². The molecule has 0 aromatic heterocycles. The molecular formula is C28H55F3N6O7. The molecule has 0 saturated carbocycles. The first-order valence-electron chi connectivity index (χ1n) is 14.4. The van der Waals surface area contributed by atoms with Gasteiger partial charge in [0.1, 0.15) is 11.1 Å². The number of carbonyl (C=O) groups excluding carboxylic acids is 2. The molecule has 0 aromatic carbocycles. The number of halogens is 3. The summed E-state index contributed by atoms with van der Waals surface area (Å²) in [7, 11) is 0. The van der Waals surface area contributed by atoms with E-state index in [1.165, 1.54) is 9.80 Å². The summed E-state index contributed by atoms with van der Waals surface area (Å²) in [6, 6.07) is 0. The number of carboxylic acid groups (broad SMARTS) is 2. The third-order valence-electron chi connectivity index (χ3n) is 6.35. The first-order valence-corrected chi connectivity index (χ1v) is 14.4. The van der Waals surface area contributed by atoms with Gasteiger partial charge in [-0.3, -0.25) is 29.0 Å². The number of esters is 1. The lowest BCUT2D eigenvalue weighted by Gasteiger charge is -2.56. The van der Waals surface area contributed by atoms with Gasteiger partial charge in [-0.15, -0.1) is 0 Å². The van der Waals surface area contributed by atoms with E-state index in [0.717, 1.165) is 13.1 Å². The van der Waals surface area contributed by atoms with Crippen LogP contribution in [-0.4, -0.2) is 127 Å². The second-order valence-corrected chi connectivity index (χ2v) is 13.3. The molecule has 0 aromatic rings. The monoisotopic (exact) mass is 644 g/mol. The van der Waals surface area contributed by atoms with Crippen LogP contribution in [0.5, 0.6) is 0 Å². The van der Waals surface area contributed by atoms with Crippen molar-refractivity contribution in [2.75, 3.05) is 65.4 Å². The van der Waals surface area contributed by atoms with Crippen LogP contribution in [0.15, 0.2) is 0 Å². The zero-order chi connectivity index (χ0) is 35.2. The Morgan fingerprint density at radius 2 is 1.23 bits per heavy atom. The lowest BCUT2D eigenvalue weighted by Crippen LogP contribution is -2.70. The van der Waals surface area contributed by atoms with Crippen LogP contribution < -0.4 is 22.1 Å². The Hall–Kier alpha value is -2.53. The lowest BCUT2D eigenvalue weighted by molar-refractivity contribution is -0.181. The van der Waals surface area contributed by atoms with Crippen LogP contribution in [0.4, 0.5) is 13.2 Å². The second kappa shape index (κ2) is 18.4. The van der Waals surface area contributed by atoms with Gasteiger partial charge in [-0.05, 0) is 31.6 Å². The fourth-order valence-corrected chi connectivity index (χ4v) is 5.23. The zero-order valence-corrected chi connectivity index (χ0v) is 27.7. The van der Waals surface area contributed by atoms with E-state index < -0.39 is 71.6 Å². The van der Waals surface area contributed by atoms with E-state index in [2.05, 4.69) is 5.32 Å². The highest BCUT2D eigenvalue weighted by Crippen LogP contribution is 2.48. The van der Waals surface area contributed by atoms with Crippen molar-refractivity contribution in [1.82, 2.24) is 20.4 Å². The molecule has 0 spiro atoms. The van der Waals surface area contributed by atoms with Crippen molar-refractivity contribution in [2.24, 2.45) is 22.3 Å². The zero-order valence-electron chi connectivity index (χ0n) is 27.7. The van der Waals surface area contributed by atoms with Gasteiger partial charge >= 0.3 is 30.0 Å². The largest absolute Gasteiger partial charge is 0.480 e. The summed E-state index contributed by atoms with van der Waals surface area (Å²) >= 11 is 0. The van der Waals surface area contributed by atoms with E-state index in [-0.39, 0.29) is 19.6 Å². The molecule has 0 aliphatic carbocycles. The summed E-state index contributed by atoms with van der Waals surface area (Å²) in [4.78, 5) is 50.9. The fraction of sp³-hybridized carbons (Fsp3) is 0.857. The summed E-state index contributed by atoms with van der Waals surface area (Å²) in [5.41, 5.74) is 5.98. The lowest BCUT2D eigenvalue weighted by atomic mass is 9.59. The molecule has 260 valence electrons. The fourth-order valence-electron chi connectivity index (χ4n) is 5.23. The quantitative estimate of drug-likeness (QED) is 0.103. The molecule has 0 rings (SSSR count). The highest BCUT2D eigenvalue weighted by molar-refractivity contribution is 5.83. The normalized spacial score (nSPS) is 12.9. The topological polar surface area (TPSA) is 201 Å². The molecule has 1 amide bonds. The summed E-state index contributed by atoms with van der Waals surface area (Å²) < 4.78 is 42.9. The predicted octanol–water partition coefficient (Wildman–Crippen LogP) is 1.10. The van der Waals surface area contributed by atoms with Gasteiger partial charge in [-0.2, -0.15) is 13.2 Å². The molecule has 0 heterocycles. The molecule has 0 unspecified atom stereocenters. The molecule has 0 fully saturated rings. The molecule has 0 atom stereocenters. The number of hydrogen-bond donors (Lipinski definition) is 6. The number of ether oxygens (including phenoxy) is 1. The molecule has 0 aliphatic rings. The Morgan fingerprint density at radius 3 is 1.57 bits per heavy atom. The maximum absolute atomic E-state index is 12.9. The van der Waals surface area contributed by atoms with Crippen LogP contribution in [0.25, 0.3) is 0 Å². The van der Waals surface area contributed by atoms with E-state index >= 15 is 0 Å². The molecule has 0 saturated heterocycles. The van der Waals surface area contributed by atoms with Gasteiger partial charge < -0.3 is 37.1 Å². The van der Waals surface area contributed by atoms with Crippen molar-refractivity contribution in [3.63, 3.8) is 0 Å². The number of rotatable bonds is 16. The van der Waals surface area contributed by atoms with Crippen LogP contribution >= 0.6 is 0 Å². The summed E-state index contributed by atoms with van der Waals surface area (Å²) in [6.45, 7) is 16.5. The molecule has 8 N–H and O–H groups in total. The van der Waals surface area contributed by atoms with E-state index in [0.29, 0.717) is 13.1 Å². The first-order chi connectivity index (χ1) is 19.8. The number of carbonyl (C=O) groups is 4. The Labute approximate surface area is 259 Å². The van der Waals surface area contributed by atoms with Gasteiger partial charge in [0.05, 0.1) is 13.1 Å². The number of aliphatic carboxylic acids is 2. The number of amides is 1. The van der Waals surface area contributed by atoms with Crippen molar-refractivity contribution in [1.29, 1.82) is 0 Å². The second-order valence-electron chi connectivity index (χ2n) is 13.3. The minimum atomic E-state index is -5.08. The summed E-state index contributed by atoms with van der Waals surface area (Å²) in [5.74, 6) is -5.30. The van der Waals surface area contributed by atoms with Gasteiger partial charge in [0.25, 0.3) is 0 Å². The average molecular weight is 645 g/mol. The van der Waals surface area contributed by atoms with Crippen LogP contribution in [0.3, 0.4) is 0 Å². The Kier molecular flexibility index (Phi) is 18.3. The van der Waals surface area contributed by atoms with E-state index in [1.54, 1.807) is 67.6 Å². The predicted molar refractivity (Wildman–Crippen MR) is 161 cm³/mol. The van der Waals surface area contributed by atoms with Crippen LogP contribution in [0.1, 0.15) is 62.3 Å². The molecule has 16 heteroatoms. The van der Waals surface area contributed by atoms with Crippen molar-refractivity contribution in [3.05, 3.63) is 0 Å². The molecule has 44 heavy (non-hydrogen) atoms. The van der Waals surface area contributed by atoms with Crippen molar-refractivity contribution < 1.29 is 47.3 Å². The SMILES string of the molecule is CC(C)(C)OC(=O)CN(CCN(CCNC(=O)C(F)(F)F)CC(=O)O)C(C(=O)O)(C(C)(C)C)C(C)(C)C.NCCNCCN. The van der Waals surface area contributed by atoms with Crippen LogP contribution in [0.2, 0.25) is 0 Å². The summed E-state index contributed by atoms with van der Waals surface area (Å²) in [5, 5.41) is 24.5. The van der Waals surface area contributed by atoms with Crippen molar-refractivity contribution in [3.8, 4) is 0 Å². The minimum absolute atomic E-state index is 0.113. The third-order valence-corrected chi connectivity index (χ3v) is 6.35. The Balaban J connectivity index is 0. The Morgan fingerprint density at radius 1 is 0.750 bits per heavy atom. The van der Waals surface area contributed by atoms with Gasteiger partial charge in [-0.1, -0.05) is 41.5 Å². The van der Waals surface area contributed by atoms with Gasteiger partial charge in [0.15, 0.2) is 0 Å². The van der Waals surface area contributed by atoms with Gasteiger partial charge in [0.2, 0.25) is 0 Å². The molecule has 0 aliphatic heterocycles. The number of alkyl halides is 3. The standard InChI is InChI=1S/C24H42F3N3O7.C4H13N3/c1-20(2,3)23(19(35)36,21(4,5)6)30(15-17(33)37-22(7,8)9)13-12-29(14-16(31)32)11-10-28-18(34)24(25,26)27;5-1-3-7-4-2-6/h10-15H2,1-9H3,(H,28,34)(H,31,32)(H,35,36);7H,1-6H2. The van der Waals surface area contributed by atoms with Crippen LogP contribution in [-0.2, 0) is 23.9 Å². The highest BCUT2D eigenvalue weighted by Gasteiger charge is 2.60. The number of carboxylic acids is 2. The van der Waals surface area contributed by atoms with Crippen LogP contribution in [0, 0.1) is 10.8 Å². The van der Waals surface area contributed by atoms with E-state index in [1.807, 2.05) is 0 Å². The van der Waals surface area contributed by atoms with E-state index in [4.69, 9.17) is 16.2 Å². The molecular weight excluding hydrogens is 589 g/mol. The maximum atomic E-state index is 12.9. The maximum Gasteiger partial charge on any atom is 0.471 e. The van der Waals surface area contributed by atoms with Crippen molar-refractivity contribution in [2.45, 2.75) is 79.6 Å².